The highest BCUT2D eigenvalue weighted by molar-refractivity contribution is 7.07. The van der Waals surface area contributed by atoms with Crippen molar-refractivity contribution < 1.29 is 9.53 Å². The lowest BCUT2D eigenvalue weighted by molar-refractivity contribution is -0.119. The number of rotatable bonds is 5. The maximum absolute atomic E-state index is 12.3. The summed E-state index contributed by atoms with van der Waals surface area (Å²) in [5.74, 6) is 0.679. The fourth-order valence-corrected chi connectivity index (χ4v) is 3.34. The van der Waals surface area contributed by atoms with Gasteiger partial charge in [-0.05, 0) is 17.7 Å². The molecule has 1 aromatic heterocycles. The molecule has 28 heavy (non-hydrogen) atoms. The summed E-state index contributed by atoms with van der Waals surface area (Å²) in [4.78, 5) is 27.3. The molecular formula is C23H23NO3S. The molecule has 0 radical (unpaired) electrons. The molecule has 144 valence electrons. The summed E-state index contributed by atoms with van der Waals surface area (Å²) in [5.41, 5.74) is 1.20. The van der Waals surface area contributed by atoms with Crippen LogP contribution in [0.1, 0.15) is 31.9 Å². The van der Waals surface area contributed by atoms with Gasteiger partial charge in [0.2, 0.25) is 0 Å². The standard InChI is InChI=1S/C23H23NO3S/c1-23(2,3)20(25)14-21-24-22(26)19(28-21)13-17-11-7-8-12-18(17)27-15-16-9-5-4-6-10-16/h4-14H,15H2,1-3H3,(H,24,26). The predicted molar refractivity (Wildman–Crippen MR) is 114 cm³/mol. The molecule has 0 fully saturated rings. The topological polar surface area (TPSA) is 59.2 Å². The predicted octanol–water partition coefficient (Wildman–Crippen LogP) is 3.24. The first-order chi connectivity index (χ1) is 13.3. The number of aromatic nitrogens is 1. The van der Waals surface area contributed by atoms with Gasteiger partial charge in [-0.2, -0.15) is 0 Å². The molecule has 2 aromatic carbocycles. The highest BCUT2D eigenvalue weighted by Gasteiger charge is 2.18. The number of thiazole rings is 1. The molecule has 0 aliphatic heterocycles. The van der Waals surface area contributed by atoms with E-state index in [2.05, 4.69) is 4.98 Å². The molecule has 0 aliphatic rings. The Morgan fingerprint density at radius 3 is 2.46 bits per heavy atom. The summed E-state index contributed by atoms with van der Waals surface area (Å²) in [5, 5.41) is 0. The highest BCUT2D eigenvalue weighted by Crippen LogP contribution is 2.20. The molecule has 5 heteroatoms. The largest absolute Gasteiger partial charge is 0.488 e. The first kappa shape index (κ1) is 19.8. The molecule has 1 N–H and O–H groups in total. The maximum Gasteiger partial charge on any atom is 0.266 e. The third-order valence-corrected chi connectivity index (χ3v) is 5.09. The summed E-state index contributed by atoms with van der Waals surface area (Å²) in [6.07, 6.45) is 3.30. The van der Waals surface area contributed by atoms with Gasteiger partial charge in [0.05, 0.1) is 9.20 Å². The lowest BCUT2D eigenvalue weighted by atomic mass is 9.91. The van der Waals surface area contributed by atoms with E-state index >= 15 is 0 Å². The lowest BCUT2D eigenvalue weighted by Crippen LogP contribution is -2.22. The molecule has 3 rings (SSSR count). The highest BCUT2D eigenvalue weighted by atomic mass is 32.1. The van der Waals surface area contributed by atoms with Crippen molar-refractivity contribution in [2.75, 3.05) is 0 Å². The van der Waals surface area contributed by atoms with Gasteiger partial charge in [-0.25, -0.2) is 0 Å². The minimum atomic E-state index is -0.483. The average Bonchev–Trinajstić information content (AvgIpc) is 3.00. The smallest absolute Gasteiger partial charge is 0.266 e. The third kappa shape index (κ3) is 5.08. The van der Waals surface area contributed by atoms with Crippen molar-refractivity contribution in [3.8, 4) is 5.75 Å². The molecule has 0 saturated carbocycles. The van der Waals surface area contributed by atoms with E-state index in [-0.39, 0.29) is 11.3 Å². The van der Waals surface area contributed by atoms with Crippen LogP contribution in [0.5, 0.6) is 5.75 Å². The molecule has 0 atom stereocenters. The van der Waals surface area contributed by atoms with Crippen molar-refractivity contribution in [3.63, 3.8) is 0 Å². The van der Waals surface area contributed by atoms with Crippen LogP contribution >= 0.6 is 11.3 Å². The van der Waals surface area contributed by atoms with E-state index < -0.39 is 5.41 Å². The average molecular weight is 394 g/mol. The Balaban J connectivity index is 1.91. The number of hydrogen-bond acceptors (Lipinski definition) is 4. The Hall–Kier alpha value is -2.92. The minimum absolute atomic E-state index is 0.0249. The Morgan fingerprint density at radius 2 is 1.75 bits per heavy atom. The molecule has 4 nitrogen and oxygen atoms in total. The van der Waals surface area contributed by atoms with E-state index in [1.807, 2.05) is 75.4 Å². The second kappa shape index (κ2) is 8.40. The number of ketones is 1. The van der Waals surface area contributed by atoms with E-state index in [1.165, 1.54) is 17.4 Å². The molecular weight excluding hydrogens is 370 g/mol. The van der Waals surface area contributed by atoms with Gasteiger partial charge in [0.15, 0.2) is 5.78 Å². The Morgan fingerprint density at radius 1 is 1.07 bits per heavy atom. The van der Waals surface area contributed by atoms with Gasteiger partial charge in [-0.1, -0.05) is 69.3 Å². The van der Waals surface area contributed by atoms with Crippen molar-refractivity contribution in [2.45, 2.75) is 27.4 Å². The molecule has 0 aliphatic carbocycles. The van der Waals surface area contributed by atoms with Crippen molar-refractivity contribution in [1.82, 2.24) is 4.98 Å². The number of H-pyrrole nitrogens is 1. The summed E-state index contributed by atoms with van der Waals surface area (Å²) < 4.78 is 7.04. The van der Waals surface area contributed by atoms with Crippen LogP contribution in [-0.4, -0.2) is 10.8 Å². The minimum Gasteiger partial charge on any atom is -0.488 e. The number of para-hydroxylation sites is 1. The molecule has 3 aromatic rings. The third-order valence-electron chi connectivity index (χ3n) is 4.12. The summed E-state index contributed by atoms with van der Waals surface area (Å²) >= 11 is 1.27. The van der Waals surface area contributed by atoms with Crippen LogP contribution in [0, 0.1) is 5.41 Å². The van der Waals surface area contributed by atoms with E-state index in [4.69, 9.17) is 4.74 Å². The fraction of sp³-hybridized carbons (Fsp3) is 0.217. The van der Waals surface area contributed by atoms with Crippen molar-refractivity contribution in [3.05, 3.63) is 85.3 Å². The molecule has 0 saturated heterocycles. The number of hydrogen-bond donors (Lipinski definition) is 1. The van der Waals surface area contributed by atoms with E-state index in [1.54, 1.807) is 6.08 Å². The second-order valence-electron chi connectivity index (χ2n) is 7.50. The molecule has 0 unspecified atom stereocenters. The molecule has 0 amide bonds. The lowest BCUT2D eigenvalue weighted by Gasteiger charge is -2.12. The van der Waals surface area contributed by atoms with Crippen LogP contribution in [0.25, 0.3) is 12.2 Å². The van der Waals surface area contributed by atoms with Crippen LogP contribution in [0.3, 0.4) is 0 Å². The molecule has 0 spiro atoms. The number of ether oxygens (including phenoxy) is 1. The molecule has 0 bridgehead atoms. The van der Waals surface area contributed by atoms with Gasteiger partial charge in [-0.3, -0.25) is 9.59 Å². The maximum atomic E-state index is 12.3. The number of carbonyl (C=O) groups is 1. The Labute approximate surface area is 167 Å². The summed E-state index contributed by atoms with van der Waals surface area (Å²) in [6, 6.07) is 17.5. The van der Waals surface area contributed by atoms with Crippen LogP contribution in [-0.2, 0) is 11.4 Å². The Bertz CT molecular complexity index is 1130. The summed E-state index contributed by atoms with van der Waals surface area (Å²) in [6.45, 7) is 6.01. The quantitative estimate of drug-likeness (QED) is 0.724. The van der Waals surface area contributed by atoms with Gasteiger partial charge in [0.1, 0.15) is 12.4 Å². The summed E-state index contributed by atoms with van der Waals surface area (Å²) in [7, 11) is 0. The zero-order chi connectivity index (χ0) is 20.1. The van der Waals surface area contributed by atoms with Crippen LogP contribution < -0.4 is 19.5 Å². The van der Waals surface area contributed by atoms with E-state index in [9.17, 15) is 9.59 Å². The Kier molecular flexibility index (Phi) is 5.95. The van der Waals surface area contributed by atoms with Crippen LogP contribution in [0.15, 0.2) is 59.4 Å². The van der Waals surface area contributed by atoms with Crippen molar-refractivity contribution in [2.24, 2.45) is 5.41 Å². The monoisotopic (exact) mass is 393 g/mol. The number of aromatic amines is 1. The SMILES string of the molecule is CC(C)(C)C(=O)C=c1[nH]c(=O)c(=Cc2ccccc2OCc2ccccc2)s1. The van der Waals surface area contributed by atoms with Gasteiger partial charge in [0.25, 0.3) is 5.56 Å². The first-order valence-electron chi connectivity index (χ1n) is 9.06. The van der Waals surface area contributed by atoms with Crippen LogP contribution in [0.2, 0.25) is 0 Å². The van der Waals surface area contributed by atoms with Gasteiger partial charge in [0, 0.05) is 17.1 Å². The van der Waals surface area contributed by atoms with Crippen LogP contribution in [0.4, 0.5) is 0 Å². The zero-order valence-electron chi connectivity index (χ0n) is 16.2. The number of Topliss-reactive ketones (excluding diaryl/α,β-unsaturated/α-hetero) is 1. The fourth-order valence-electron chi connectivity index (χ4n) is 2.47. The van der Waals surface area contributed by atoms with E-state index in [0.717, 1.165) is 11.1 Å². The number of benzene rings is 2. The van der Waals surface area contributed by atoms with Gasteiger partial charge >= 0.3 is 0 Å². The number of carbonyl (C=O) groups excluding carboxylic acids is 1. The van der Waals surface area contributed by atoms with Crippen molar-refractivity contribution >= 4 is 29.3 Å². The first-order valence-corrected chi connectivity index (χ1v) is 9.87. The normalized spacial score (nSPS) is 13.0. The number of nitrogens with one attached hydrogen (secondary N) is 1. The van der Waals surface area contributed by atoms with E-state index in [0.29, 0.717) is 21.6 Å². The van der Waals surface area contributed by atoms with Crippen molar-refractivity contribution in [1.29, 1.82) is 0 Å². The second-order valence-corrected chi connectivity index (χ2v) is 8.58. The van der Waals surface area contributed by atoms with Gasteiger partial charge in [-0.15, -0.1) is 11.3 Å². The van der Waals surface area contributed by atoms with Gasteiger partial charge < -0.3 is 9.72 Å². The molecule has 1 heterocycles. The zero-order valence-corrected chi connectivity index (χ0v) is 17.0.